The maximum atomic E-state index is 17.4. The minimum atomic E-state index is -5.08. The molecule has 8 aliphatic carbocycles. The fourth-order valence-electron chi connectivity index (χ4n) is 22.0. The summed E-state index contributed by atoms with van der Waals surface area (Å²) in [5.41, 5.74) is -5.17. The number of aliphatic carboxylic acids is 2. The first-order valence-electron chi connectivity index (χ1n) is 41.9. The number of carbonyl (C=O) groups excluding carboxylic acids is 13. The number of ether oxygens (including phenoxy) is 2. The molecule has 12 aliphatic rings. The molecular weight excluding hydrogens is 1630 g/mol. The number of allylic oxidation sites excluding steroid dienone is 8. The van der Waals surface area contributed by atoms with Gasteiger partial charge in [0.05, 0.1) is 34.5 Å². The van der Waals surface area contributed by atoms with Gasteiger partial charge in [0, 0.05) is 65.7 Å². The summed E-state index contributed by atoms with van der Waals surface area (Å²) in [6.07, 6.45) is 12.6. The maximum absolute atomic E-state index is 17.4. The van der Waals surface area contributed by atoms with Crippen LogP contribution >= 0.6 is 0 Å². The zero-order valence-electron chi connectivity index (χ0n) is 69.0. The molecule has 29 nitrogen and oxygen atoms in total. The van der Waals surface area contributed by atoms with Gasteiger partial charge in [0.15, 0.2) is 45.7 Å². The highest BCUT2D eigenvalue weighted by Crippen LogP contribution is 2.73. The van der Waals surface area contributed by atoms with Gasteiger partial charge in [0.2, 0.25) is 23.6 Å². The molecule has 2 unspecified atom stereocenters. The van der Waals surface area contributed by atoms with E-state index in [4.69, 9.17) is 25.1 Å². The number of hydrogen-bond acceptors (Lipinski definition) is 22. The van der Waals surface area contributed by atoms with E-state index >= 15 is 8.78 Å². The molecule has 0 spiro atoms. The summed E-state index contributed by atoms with van der Waals surface area (Å²) in [7, 11) is 0. The van der Waals surface area contributed by atoms with Crippen LogP contribution in [0.25, 0.3) is 0 Å². The summed E-state index contributed by atoms with van der Waals surface area (Å²) in [5.74, 6) is -12.8. The van der Waals surface area contributed by atoms with E-state index in [1.165, 1.54) is 54.6 Å². The average molecular weight is 1740 g/mol. The lowest BCUT2D eigenvalue weighted by atomic mass is 9.44. The topological polar surface area (TPSA) is 464 Å². The molecule has 0 bridgehead atoms. The molecule has 8 fully saturated rings. The summed E-state index contributed by atoms with van der Waals surface area (Å²) >= 11 is 0. The number of carboxylic acids is 2. The van der Waals surface area contributed by atoms with E-state index in [1.807, 2.05) is 13.8 Å². The van der Waals surface area contributed by atoms with Gasteiger partial charge in [-0.25, -0.2) is 18.4 Å². The second kappa shape index (κ2) is 37.7. The Balaban J connectivity index is 0.000000219. The van der Waals surface area contributed by atoms with Crippen LogP contribution < -0.4 is 31.2 Å². The third kappa shape index (κ3) is 17.3. The van der Waals surface area contributed by atoms with E-state index in [-0.39, 0.29) is 142 Å². The summed E-state index contributed by atoms with van der Waals surface area (Å²) < 4.78 is 77.2. The molecule has 9 amide bonds. The Morgan fingerprint density at radius 2 is 0.919 bits per heavy atom. The molecule has 34 heteroatoms. The predicted molar refractivity (Wildman–Crippen MR) is 435 cm³/mol. The number of nitrogens with one attached hydrogen (secondary N) is 3. The van der Waals surface area contributed by atoms with Gasteiger partial charge < -0.3 is 51.2 Å². The van der Waals surface area contributed by atoms with Gasteiger partial charge >= 0.3 is 18.1 Å². The van der Waals surface area contributed by atoms with Crippen molar-refractivity contribution in [1.29, 1.82) is 0 Å². The fourth-order valence-corrected chi connectivity index (χ4v) is 22.0. The first-order chi connectivity index (χ1) is 57.3. The largest absolute Gasteiger partial charge is 0.490 e. The van der Waals surface area contributed by atoms with Gasteiger partial charge in [0.25, 0.3) is 29.5 Å². The van der Waals surface area contributed by atoms with Crippen molar-refractivity contribution in [1.82, 2.24) is 25.8 Å². The number of Topliss-reactive ketones (excluding diaryl/α,β-unsaturated/α-hetero) is 2. The number of fused-ring (bicyclic) bond motifs is 12. The standard InChI is InChI=1S/C43H52FN3O10.C22H27N3O6.C21H27FO5.C2HF3O2.2CH4/c1-24-20-30-29-14-13-25-21-26(48)17-18-40(25,2)42(29,44)33(50)22-41(30,3)43(24,56)39(55)45-19-8-6-4-5-7-10-27(49)23-57-32-12-9-11-28-35(32)38(54)47(37(28)53)31-15-16-34(51)46-36(31)52;23-12-5-3-1-2-4-7-14(26)13-31-17-9-6-8-15-19(17)22(30)25(21(15)29)16-10-11-18(27)24-20(16)28;1-11-8-15-14-5-4-12-9-13(23)6-7-18(12,2)20(14,22)16(24)10-19(15,3)21(11,27)17(25)26;3-2(4,5)1(6)7;;/h9,11-12,17-18,21,24,29-31,33,50,56H,4-8,10,13-16,19-20,22-23H2,1-3H3,(H,45,55)(H,46,51,52);6,8-9,16H,1-5,7,10-13,23H2,(H,24,27,28);6-7,9,11,14-16,24,27H,4-5,8,10H2,1-3H3,(H,25,26);(H,6,7);2*1H4/t24-,29+,30+,31?,33+,40+,41+,42+,43+;;11-,14+,15+,16+,18+,19+,20+,21+;;;/m1.1.../s1. The lowest BCUT2D eigenvalue weighted by Crippen LogP contribution is -2.70. The molecule has 2 saturated heterocycles. The first kappa shape index (κ1) is 97.9. The number of benzene rings is 2. The first-order valence-corrected chi connectivity index (χ1v) is 41.9. The van der Waals surface area contributed by atoms with Crippen molar-refractivity contribution in [2.75, 3.05) is 26.3 Å². The quantitative estimate of drug-likeness (QED) is 0.0251. The molecule has 2 aromatic carbocycles. The third-order valence-electron chi connectivity index (χ3n) is 28.6. The highest BCUT2D eigenvalue weighted by Gasteiger charge is 2.78. The Morgan fingerprint density at radius 1 is 0.540 bits per heavy atom. The average Bonchev–Trinajstić information content (AvgIpc) is 1.43. The SMILES string of the molecule is C.C.C[C@@H]1C[C@H]2[C@@H]3CCC4=CC(=O)C=C[C@]4(C)[C@@]3(F)[C@@H](O)C[C@]2(C)[C@@]1(O)C(=O)NCCCCCCCC(=O)COc1cccc2c1C(=O)N(C1CCC(=O)NC1=O)C2=O.C[C@@H]1C[C@H]2[C@@H]3CCC4=CC(=O)C=C[C@]4(C)[C@@]3(F)[C@@H](O)C[C@]2(C)[C@@]1(O)C(=O)O.NCCCCCCCC(=O)COc1cccc2c1C(=O)N(C1CCC(=O)NC1=O)C2=O.O=C(O)C(F)(F)F. The van der Waals surface area contributed by atoms with E-state index in [1.54, 1.807) is 45.9 Å². The summed E-state index contributed by atoms with van der Waals surface area (Å²) in [4.78, 5) is 185. The summed E-state index contributed by atoms with van der Waals surface area (Å²) in [5, 5.41) is 70.0. The third-order valence-corrected chi connectivity index (χ3v) is 28.6. The van der Waals surface area contributed by atoms with Gasteiger partial charge in [-0.1, -0.05) is 117 Å². The van der Waals surface area contributed by atoms with E-state index in [2.05, 4.69) is 16.0 Å². The minimum Gasteiger partial charge on any atom is -0.485 e. The number of unbranched alkanes of at least 4 members (excludes halogenated alkanes) is 8. The van der Waals surface area contributed by atoms with E-state index < -0.39 is 163 Å². The highest BCUT2D eigenvalue weighted by atomic mass is 19.4. The van der Waals surface area contributed by atoms with Crippen LogP contribution in [0.3, 0.4) is 0 Å². The Kier molecular flexibility index (Phi) is 29.8. The molecule has 4 heterocycles. The van der Waals surface area contributed by atoms with Gasteiger partial charge in [-0.05, 0) is 183 Å². The normalized spacial score (nSPS) is 33.3. The second-order valence-electron chi connectivity index (χ2n) is 35.4. The number of piperidine rings is 2. The smallest absolute Gasteiger partial charge is 0.485 e. The molecule has 678 valence electrons. The number of alkyl halides is 5. The maximum Gasteiger partial charge on any atom is 0.490 e. The molecule has 4 aliphatic heterocycles. The zero-order chi connectivity index (χ0) is 89.5. The van der Waals surface area contributed by atoms with E-state index in [9.17, 15) is 106 Å². The fraction of sp³-hybridized carbons (Fsp3) is 0.611. The van der Waals surface area contributed by atoms with Crippen LogP contribution in [0.5, 0.6) is 11.5 Å². The van der Waals surface area contributed by atoms with Crippen molar-refractivity contribution >= 4 is 88.2 Å². The van der Waals surface area contributed by atoms with Gasteiger partial charge in [-0.3, -0.25) is 82.8 Å². The summed E-state index contributed by atoms with van der Waals surface area (Å²) in [6.45, 7) is 11.0. The number of carbonyl (C=O) groups is 15. The number of nitrogens with two attached hydrogens (primary N) is 1. The Morgan fingerprint density at radius 3 is 1.31 bits per heavy atom. The van der Waals surface area contributed by atoms with Gasteiger partial charge in [0.1, 0.15) is 36.8 Å². The van der Waals surface area contributed by atoms with E-state index in [0.29, 0.717) is 82.0 Å². The van der Waals surface area contributed by atoms with Crippen molar-refractivity contribution in [3.63, 3.8) is 0 Å². The highest BCUT2D eigenvalue weighted by molar-refractivity contribution is 6.25. The molecule has 18 atom stereocenters. The van der Waals surface area contributed by atoms with Crippen LogP contribution in [0.15, 0.2) is 84.0 Å². The molecule has 14 rings (SSSR count). The molecule has 11 N–H and O–H groups in total. The minimum absolute atomic E-state index is 0. The molecule has 0 radical (unpaired) electrons. The van der Waals surface area contributed by atoms with E-state index in [0.717, 1.165) is 61.2 Å². The lowest BCUT2D eigenvalue weighted by Gasteiger charge is -2.62. The number of nitrogens with zero attached hydrogens (tertiary/aromatic N) is 2. The molecule has 2 aromatic rings. The predicted octanol–water partition coefficient (Wildman–Crippen LogP) is 9.50. The Labute approximate surface area is 715 Å². The van der Waals surface area contributed by atoms with Gasteiger partial charge in [-0.15, -0.1) is 0 Å². The van der Waals surface area contributed by atoms with Crippen LogP contribution in [0.4, 0.5) is 22.0 Å². The van der Waals surface area contributed by atoms with Crippen LogP contribution in [0.2, 0.25) is 0 Å². The molecule has 0 aromatic heterocycles. The van der Waals surface area contributed by atoms with Crippen LogP contribution in [-0.4, -0.2) is 208 Å². The molecular formula is C90H115F5N6O23. The number of aliphatic hydroxyl groups excluding tert-OH is 2. The van der Waals surface area contributed by atoms with Crippen LogP contribution in [0.1, 0.15) is 252 Å². The number of halogens is 5. The van der Waals surface area contributed by atoms with Crippen molar-refractivity contribution in [3.05, 3.63) is 106 Å². The van der Waals surface area contributed by atoms with Crippen molar-refractivity contribution in [2.24, 2.45) is 62.9 Å². The number of ketones is 4. The number of aliphatic hydroxyl groups is 4. The van der Waals surface area contributed by atoms with Crippen LogP contribution in [0, 0.1) is 57.2 Å². The van der Waals surface area contributed by atoms with Crippen molar-refractivity contribution < 1.29 is 134 Å². The zero-order valence-corrected chi connectivity index (χ0v) is 69.0. The van der Waals surface area contributed by atoms with Crippen LogP contribution in [-0.2, 0) is 52.7 Å². The van der Waals surface area contributed by atoms with Gasteiger partial charge in [-0.2, -0.15) is 13.2 Å². The summed E-state index contributed by atoms with van der Waals surface area (Å²) in [6, 6.07) is 6.90. The number of imide groups is 4. The lowest BCUT2D eigenvalue weighted by molar-refractivity contribution is -0.225. The van der Waals surface area contributed by atoms with Crippen molar-refractivity contribution in [3.8, 4) is 11.5 Å². The molecule has 124 heavy (non-hydrogen) atoms. The Hall–Kier alpha value is -9.90. The number of hydrogen-bond donors (Lipinski definition) is 10. The Bertz CT molecular complexity index is 4740. The monoisotopic (exact) mass is 1740 g/mol. The number of rotatable bonds is 25. The number of amides is 9. The second-order valence-corrected chi connectivity index (χ2v) is 35.4. The van der Waals surface area contributed by atoms with Crippen molar-refractivity contribution in [2.45, 2.75) is 264 Å². The molecule has 6 saturated carbocycles. The number of carboxylic acid groups (broad SMARTS) is 2.